The molecule has 1 saturated heterocycles. The third-order valence-electron chi connectivity index (χ3n) is 5.39. The second kappa shape index (κ2) is 9.12. The summed E-state index contributed by atoms with van der Waals surface area (Å²) < 4.78 is 11.2. The van der Waals surface area contributed by atoms with Gasteiger partial charge in [0, 0.05) is 36.6 Å². The van der Waals surface area contributed by atoms with Crippen molar-refractivity contribution in [3.8, 4) is 22.8 Å². The fourth-order valence-corrected chi connectivity index (χ4v) is 3.63. The van der Waals surface area contributed by atoms with Gasteiger partial charge in [-0.05, 0) is 42.2 Å². The van der Waals surface area contributed by atoms with Gasteiger partial charge >= 0.3 is 0 Å². The summed E-state index contributed by atoms with van der Waals surface area (Å²) in [5.41, 5.74) is 3.03. The standard InChI is InChI=1S/C24H26N4O3/c1-16(10-17(2)29)18-4-6-21(7-5-18)31-22-14-28(15-22)24-26-12-20(13-27-24)19-8-9-25-23(11-19)30-3/h4-9,11-13,16,22H,10,14-15H2,1-3H3/t16-/m1/s1. The zero-order valence-corrected chi connectivity index (χ0v) is 18.0. The first kappa shape index (κ1) is 20.8. The van der Waals surface area contributed by atoms with Gasteiger partial charge in [-0.25, -0.2) is 15.0 Å². The van der Waals surface area contributed by atoms with Gasteiger partial charge in [-0.1, -0.05) is 19.1 Å². The molecule has 0 spiro atoms. The lowest BCUT2D eigenvalue weighted by molar-refractivity contribution is -0.117. The number of aromatic nitrogens is 3. The summed E-state index contributed by atoms with van der Waals surface area (Å²) in [4.78, 5) is 26.5. The molecule has 1 aliphatic rings. The average Bonchev–Trinajstić information content (AvgIpc) is 2.76. The fraction of sp³-hybridized carbons (Fsp3) is 0.333. The van der Waals surface area contributed by atoms with Gasteiger partial charge in [-0.2, -0.15) is 0 Å². The van der Waals surface area contributed by atoms with Crippen molar-refractivity contribution in [2.24, 2.45) is 0 Å². The third-order valence-corrected chi connectivity index (χ3v) is 5.39. The van der Waals surface area contributed by atoms with Crippen LogP contribution < -0.4 is 14.4 Å². The average molecular weight is 418 g/mol. The number of anilines is 1. The molecule has 7 nitrogen and oxygen atoms in total. The second-order valence-electron chi connectivity index (χ2n) is 7.88. The first-order valence-corrected chi connectivity index (χ1v) is 10.4. The zero-order valence-electron chi connectivity index (χ0n) is 18.0. The first-order valence-electron chi connectivity index (χ1n) is 10.4. The molecule has 1 aromatic carbocycles. The van der Waals surface area contributed by atoms with Crippen molar-refractivity contribution in [2.75, 3.05) is 25.1 Å². The normalized spacial score (nSPS) is 14.6. The second-order valence-corrected chi connectivity index (χ2v) is 7.88. The van der Waals surface area contributed by atoms with Crippen LogP contribution in [0.4, 0.5) is 5.95 Å². The van der Waals surface area contributed by atoms with Crippen LogP contribution in [-0.2, 0) is 4.79 Å². The number of methoxy groups -OCH3 is 1. The quantitative estimate of drug-likeness (QED) is 0.549. The van der Waals surface area contributed by atoms with E-state index < -0.39 is 0 Å². The van der Waals surface area contributed by atoms with Gasteiger partial charge in [-0.3, -0.25) is 0 Å². The number of nitrogens with zero attached hydrogens (tertiary/aromatic N) is 4. The van der Waals surface area contributed by atoms with E-state index >= 15 is 0 Å². The number of ketones is 1. The van der Waals surface area contributed by atoms with E-state index in [4.69, 9.17) is 9.47 Å². The highest BCUT2D eigenvalue weighted by Crippen LogP contribution is 2.26. The van der Waals surface area contributed by atoms with E-state index in [9.17, 15) is 4.79 Å². The van der Waals surface area contributed by atoms with Crippen molar-refractivity contribution in [1.29, 1.82) is 0 Å². The van der Waals surface area contributed by atoms with Crippen molar-refractivity contribution >= 4 is 11.7 Å². The zero-order chi connectivity index (χ0) is 21.8. The minimum absolute atomic E-state index is 0.105. The Hall–Kier alpha value is -3.48. The number of carbonyl (C=O) groups excluding carboxylic acids is 1. The largest absolute Gasteiger partial charge is 0.487 e. The van der Waals surface area contributed by atoms with Gasteiger partial charge in [0.1, 0.15) is 17.6 Å². The van der Waals surface area contributed by atoms with Crippen molar-refractivity contribution < 1.29 is 14.3 Å². The smallest absolute Gasteiger partial charge is 0.225 e. The van der Waals surface area contributed by atoms with Crippen molar-refractivity contribution in [3.63, 3.8) is 0 Å². The molecule has 2 aromatic heterocycles. The molecule has 0 saturated carbocycles. The lowest BCUT2D eigenvalue weighted by Gasteiger charge is -2.38. The summed E-state index contributed by atoms with van der Waals surface area (Å²) in [5.74, 6) is 2.52. The Morgan fingerprint density at radius 3 is 2.45 bits per heavy atom. The number of ether oxygens (including phenoxy) is 2. The molecule has 4 rings (SSSR count). The van der Waals surface area contributed by atoms with Crippen LogP contribution in [0.2, 0.25) is 0 Å². The Labute approximate surface area is 182 Å². The summed E-state index contributed by atoms with van der Waals surface area (Å²) in [6.07, 6.45) is 5.99. The summed E-state index contributed by atoms with van der Waals surface area (Å²) in [5, 5.41) is 0. The van der Waals surface area contributed by atoms with Gasteiger partial charge in [0.25, 0.3) is 0 Å². The van der Waals surface area contributed by atoms with Crippen LogP contribution in [0.15, 0.2) is 55.0 Å². The van der Waals surface area contributed by atoms with E-state index in [1.807, 2.05) is 48.8 Å². The number of hydrogen-bond acceptors (Lipinski definition) is 7. The minimum atomic E-state index is 0.105. The Kier molecular flexibility index (Phi) is 6.11. The number of hydrogen-bond donors (Lipinski definition) is 0. The monoisotopic (exact) mass is 418 g/mol. The van der Waals surface area contributed by atoms with Crippen LogP contribution >= 0.6 is 0 Å². The number of rotatable bonds is 8. The SMILES string of the molecule is COc1cc(-c2cnc(N3CC(Oc4ccc([C@H](C)CC(C)=O)cc4)C3)nc2)ccn1. The fourth-order valence-electron chi connectivity index (χ4n) is 3.63. The van der Waals surface area contributed by atoms with Crippen LogP contribution in [0.3, 0.4) is 0 Å². The Balaban J connectivity index is 1.30. The maximum atomic E-state index is 11.3. The first-order chi connectivity index (χ1) is 15.0. The van der Waals surface area contributed by atoms with Gasteiger partial charge in [0.15, 0.2) is 0 Å². The van der Waals surface area contributed by atoms with E-state index in [0.717, 1.165) is 35.5 Å². The van der Waals surface area contributed by atoms with Crippen LogP contribution in [0.25, 0.3) is 11.1 Å². The molecule has 0 aliphatic carbocycles. The Bertz CT molecular complexity index is 1030. The highest BCUT2D eigenvalue weighted by molar-refractivity contribution is 5.76. The summed E-state index contributed by atoms with van der Waals surface area (Å²) in [6.45, 7) is 5.18. The topological polar surface area (TPSA) is 77.4 Å². The maximum Gasteiger partial charge on any atom is 0.225 e. The van der Waals surface area contributed by atoms with E-state index in [1.54, 1.807) is 20.2 Å². The predicted octanol–water partition coefficient (Wildman–Crippen LogP) is 3.90. The molecule has 0 unspecified atom stereocenters. The molecule has 3 aromatic rings. The lowest BCUT2D eigenvalue weighted by Crippen LogP contribution is -2.54. The van der Waals surface area contributed by atoms with Crippen molar-refractivity contribution in [2.45, 2.75) is 32.3 Å². The minimum Gasteiger partial charge on any atom is -0.487 e. The summed E-state index contributed by atoms with van der Waals surface area (Å²) >= 11 is 0. The number of Topliss-reactive ketones (excluding diaryl/α,β-unsaturated/α-hetero) is 1. The molecular formula is C24H26N4O3. The van der Waals surface area contributed by atoms with Gasteiger partial charge < -0.3 is 19.2 Å². The third kappa shape index (κ3) is 4.99. The molecule has 0 bridgehead atoms. The molecule has 160 valence electrons. The Morgan fingerprint density at radius 2 is 1.81 bits per heavy atom. The number of pyridine rings is 1. The van der Waals surface area contributed by atoms with Crippen LogP contribution in [0.1, 0.15) is 31.7 Å². The molecule has 31 heavy (non-hydrogen) atoms. The van der Waals surface area contributed by atoms with Crippen molar-refractivity contribution in [1.82, 2.24) is 15.0 Å². The molecular weight excluding hydrogens is 392 g/mol. The van der Waals surface area contributed by atoms with E-state index in [0.29, 0.717) is 18.2 Å². The van der Waals surface area contributed by atoms with E-state index in [2.05, 4.69) is 26.8 Å². The molecule has 0 amide bonds. The highest BCUT2D eigenvalue weighted by atomic mass is 16.5. The Morgan fingerprint density at radius 1 is 1.10 bits per heavy atom. The molecule has 0 radical (unpaired) electrons. The van der Waals surface area contributed by atoms with Crippen LogP contribution in [0.5, 0.6) is 11.6 Å². The lowest BCUT2D eigenvalue weighted by atomic mass is 9.96. The van der Waals surface area contributed by atoms with Crippen LogP contribution in [-0.4, -0.2) is 47.0 Å². The molecule has 0 N–H and O–H groups in total. The molecule has 7 heteroatoms. The van der Waals surface area contributed by atoms with Gasteiger partial charge in [-0.15, -0.1) is 0 Å². The molecule has 1 fully saturated rings. The highest BCUT2D eigenvalue weighted by Gasteiger charge is 2.30. The summed E-state index contributed by atoms with van der Waals surface area (Å²) in [6, 6.07) is 11.8. The van der Waals surface area contributed by atoms with Gasteiger partial charge in [0.05, 0.1) is 20.2 Å². The molecule has 1 aliphatic heterocycles. The van der Waals surface area contributed by atoms with E-state index in [-0.39, 0.29) is 17.8 Å². The predicted molar refractivity (Wildman–Crippen MR) is 119 cm³/mol. The maximum absolute atomic E-state index is 11.3. The van der Waals surface area contributed by atoms with Gasteiger partial charge in [0.2, 0.25) is 11.8 Å². The molecule has 3 heterocycles. The van der Waals surface area contributed by atoms with Crippen molar-refractivity contribution in [3.05, 3.63) is 60.6 Å². The van der Waals surface area contributed by atoms with E-state index in [1.165, 1.54) is 0 Å². The number of carbonyl (C=O) groups is 1. The van der Waals surface area contributed by atoms with Crippen LogP contribution in [0, 0.1) is 0 Å². The number of benzene rings is 1. The molecule has 1 atom stereocenters. The summed E-state index contributed by atoms with van der Waals surface area (Å²) in [7, 11) is 1.59.